The minimum atomic E-state index is 0.643. The summed E-state index contributed by atoms with van der Waals surface area (Å²) in [4.78, 5) is 10.3. The summed E-state index contributed by atoms with van der Waals surface area (Å²) >= 11 is 0. The van der Waals surface area contributed by atoms with Crippen molar-refractivity contribution in [1.82, 2.24) is 0 Å². The van der Waals surface area contributed by atoms with Gasteiger partial charge in [-0.15, -0.1) is 0 Å². The maximum atomic E-state index is 10.3. The zero-order valence-electron chi connectivity index (χ0n) is 13.0. The predicted molar refractivity (Wildman–Crippen MR) is 85.5 cm³/mol. The van der Waals surface area contributed by atoms with Gasteiger partial charge in [-0.25, -0.2) is 0 Å². The normalized spacial score (nSPS) is 35.6. The molecule has 112 valence electrons. The first-order chi connectivity index (χ1) is 9.81. The molecule has 2 aliphatic carbocycles. The second kappa shape index (κ2) is 8.44. The van der Waals surface area contributed by atoms with E-state index >= 15 is 0 Å². The molecule has 0 aliphatic heterocycles. The molecule has 0 aromatic rings. The van der Waals surface area contributed by atoms with Gasteiger partial charge in [0, 0.05) is 0 Å². The van der Waals surface area contributed by atoms with Crippen molar-refractivity contribution in [3.05, 3.63) is 24.3 Å². The molecular weight excluding hydrogens is 244 g/mol. The third-order valence-corrected chi connectivity index (χ3v) is 5.40. The van der Waals surface area contributed by atoms with Crippen LogP contribution in [0.2, 0.25) is 0 Å². The summed E-state index contributed by atoms with van der Waals surface area (Å²) in [5.74, 6) is 3.29. The van der Waals surface area contributed by atoms with E-state index in [2.05, 4.69) is 25.2 Å². The van der Waals surface area contributed by atoms with Crippen LogP contribution in [0.25, 0.3) is 0 Å². The lowest BCUT2D eigenvalue weighted by molar-refractivity contribution is -0.104. The molecular formula is C19H30O. The van der Waals surface area contributed by atoms with Gasteiger partial charge in [0.05, 0.1) is 0 Å². The van der Waals surface area contributed by atoms with E-state index in [-0.39, 0.29) is 0 Å². The van der Waals surface area contributed by atoms with Gasteiger partial charge in [0.2, 0.25) is 0 Å². The molecule has 0 heterocycles. The third-order valence-electron chi connectivity index (χ3n) is 5.40. The predicted octanol–water partition coefficient (Wildman–Crippen LogP) is 5.32. The van der Waals surface area contributed by atoms with Gasteiger partial charge < -0.3 is 0 Å². The molecule has 0 saturated heterocycles. The minimum Gasteiger partial charge on any atom is -0.299 e. The van der Waals surface area contributed by atoms with Gasteiger partial charge in [-0.2, -0.15) is 0 Å². The molecule has 0 aromatic carbocycles. The van der Waals surface area contributed by atoms with E-state index in [0.717, 1.165) is 24.0 Å². The number of carbonyl (C=O) groups excluding carboxylic acids is 1. The van der Waals surface area contributed by atoms with Crippen LogP contribution in [-0.4, -0.2) is 6.29 Å². The molecule has 1 nitrogen and oxygen atoms in total. The Morgan fingerprint density at radius 2 is 1.20 bits per heavy atom. The van der Waals surface area contributed by atoms with Crippen LogP contribution in [0, 0.1) is 23.7 Å². The molecule has 0 N–H and O–H groups in total. The van der Waals surface area contributed by atoms with Crippen LogP contribution in [-0.2, 0) is 4.79 Å². The highest BCUT2D eigenvalue weighted by Gasteiger charge is 2.20. The van der Waals surface area contributed by atoms with Crippen molar-refractivity contribution in [2.24, 2.45) is 23.7 Å². The summed E-state index contributed by atoms with van der Waals surface area (Å²) in [7, 11) is 0. The molecule has 0 unspecified atom stereocenters. The molecule has 0 spiro atoms. The van der Waals surface area contributed by atoms with Crippen LogP contribution in [0.5, 0.6) is 0 Å². The summed E-state index contributed by atoms with van der Waals surface area (Å²) in [5, 5.41) is 0. The summed E-state index contributed by atoms with van der Waals surface area (Å²) in [6.07, 6.45) is 21.9. The van der Waals surface area contributed by atoms with Crippen molar-refractivity contribution in [3.8, 4) is 0 Å². The molecule has 0 bridgehead atoms. The summed E-state index contributed by atoms with van der Waals surface area (Å²) < 4.78 is 0. The van der Waals surface area contributed by atoms with Gasteiger partial charge >= 0.3 is 0 Å². The Morgan fingerprint density at radius 3 is 1.65 bits per heavy atom. The van der Waals surface area contributed by atoms with E-state index in [1.54, 1.807) is 6.08 Å². The van der Waals surface area contributed by atoms with E-state index in [1.807, 2.05) is 0 Å². The quantitative estimate of drug-likeness (QED) is 0.377. The number of aldehydes is 1. The highest BCUT2D eigenvalue weighted by atomic mass is 16.1. The van der Waals surface area contributed by atoms with Crippen molar-refractivity contribution in [1.29, 1.82) is 0 Å². The van der Waals surface area contributed by atoms with Gasteiger partial charge in [-0.3, -0.25) is 4.79 Å². The van der Waals surface area contributed by atoms with Gasteiger partial charge in [-0.05, 0) is 81.1 Å². The van der Waals surface area contributed by atoms with Crippen LogP contribution in [0.3, 0.4) is 0 Å². The molecule has 0 aromatic heterocycles. The second-order valence-corrected chi connectivity index (χ2v) is 6.77. The maximum absolute atomic E-state index is 10.3. The van der Waals surface area contributed by atoms with Crippen LogP contribution in [0.15, 0.2) is 24.3 Å². The van der Waals surface area contributed by atoms with E-state index in [0.29, 0.717) is 5.92 Å². The lowest BCUT2D eigenvalue weighted by Gasteiger charge is -2.27. The highest BCUT2D eigenvalue weighted by Crippen LogP contribution is 2.34. The molecule has 0 atom stereocenters. The summed E-state index contributed by atoms with van der Waals surface area (Å²) in [5.41, 5.74) is 0. The Morgan fingerprint density at radius 1 is 0.750 bits per heavy atom. The van der Waals surface area contributed by atoms with Crippen LogP contribution >= 0.6 is 0 Å². The minimum absolute atomic E-state index is 0.643. The second-order valence-electron chi connectivity index (χ2n) is 6.77. The van der Waals surface area contributed by atoms with Gasteiger partial charge in [0.25, 0.3) is 0 Å². The number of hydrogen-bond donors (Lipinski definition) is 0. The fraction of sp³-hybridized carbons (Fsp3) is 0.737. The Bertz CT molecular complexity index is 326. The average molecular weight is 274 g/mol. The van der Waals surface area contributed by atoms with Crippen LogP contribution in [0.4, 0.5) is 0 Å². The fourth-order valence-corrected chi connectivity index (χ4v) is 3.84. The van der Waals surface area contributed by atoms with Crippen LogP contribution < -0.4 is 0 Å². The Labute approximate surface area is 124 Å². The lowest BCUT2D eigenvalue weighted by atomic mass is 9.78. The molecule has 2 fully saturated rings. The SMILES string of the molecule is CCC1CCC(C=CC2CCC(C=CC=O)CC2)CC1. The molecule has 0 amide bonds. The number of allylic oxidation sites excluding steroid dienone is 4. The first-order valence-corrected chi connectivity index (χ1v) is 8.62. The Balaban J connectivity index is 1.68. The first-order valence-electron chi connectivity index (χ1n) is 8.62. The smallest absolute Gasteiger partial charge is 0.142 e. The first kappa shape index (κ1) is 15.5. The van der Waals surface area contributed by atoms with Gasteiger partial charge in [0.15, 0.2) is 0 Å². The third kappa shape index (κ3) is 4.92. The highest BCUT2D eigenvalue weighted by molar-refractivity contribution is 5.64. The molecule has 0 radical (unpaired) electrons. The topological polar surface area (TPSA) is 17.1 Å². The molecule has 2 rings (SSSR count). The van der Waals surface area contributed by atoms with Crippen LogP contribution in [0.1, 0.15) is 64.7 Å². The van der Waals surface area contributed by atoms with E-state index in [9.17, 15) is 4.79 Å². The standard InChI is InChI=1S/C19H30O/c1-2-16-5-7-18(8-6-16)13-14-19-11-9-17(10-12-19)4-3-15-20/h3-4,13-19H,2,5-12H2,1H3. The van der Waals surface area contributed by atoms with Crippen molar-refractivity contribution in [2.75, 3.05) is 0 Å². The monoisotopic (exact) mass is 274 g/mol. The Hall–Kier alpha value is -0.850. The summed E-state index contributed by atoms with van der Waals surface area (Å²) in [6.45, 7) is 2.33. The average Bonchev–Trinajstić information content (AvgIpc) is 2.52. The van der Waals surface area contributed by atoms with Gasteiger partial charge in [0.1, 0.15) is 6.29 Å². The molecule has 20 heavy (non-hydrogen) atoms. The Kier molecular flexibility index (Phi) is 6.56. The fourth-order valence-electron chi connectivity index (χ4n) is 3.84. The van der Waals surface area contributed by atoms with Gasteiger partial charge in [-0.1, -0.05) is 31.6 Å². The largest absolute Gasteiger partial charge is 0.299 e. The zero-order valence-corrected chi connectivity index (χ0v) is 13.0. The van der Waals surface area contributed by atoms with E-state index in [4.69, 9.17) is 0 Å². The number of carbonyl (C=O) groups is 1. The maximum Gasteiger partial charge on any atom is 0.142 e. The summed E-state index contributed by atoms with van der Waals surface area (Å²) in [6, 6.07) is 0. The molecule has 2 aliphatic rings. The van der Waals surface area contributed by atoms with Crippen molar-refractivity contribution >= 4 is 6.29 Å². The zero-order chi connectivity index (χ0) is 14.2. The van der Waals surface area contributed by atoms with Crippen molar-refractivity contribution in [3.63, 3.8) is 0 Å². The number of hydrogen-bond acceptors (Lipinski definition) is 1. The number of rotatable bonds is 5. The van der Waals surface area contributed by atoms with Crippen molar-refractivity contribution in [2.45, 2.75) is 64.7 Å². The van der Waals surface area contributed by atoms with E-state index in [1.165, 1.54) is 57.8 Å². The lowest BCUT2D eigenvalue weighted by Crippen LogP contribution is -2.14. The van der Waals surface area contributed by atoms with Crippen molar-refractivity contribution < 1.29 is 4.79 Å². The van der Waals surface area contributed by atoms with E-state index < -0.39 is 0 Å². The molecule has 2 saturated carbocycles. The molecule has 1 heteroatoms.